The van der Waals surface area contributed by atoms with Gasteiger partial charge in [-0.25, -0.2) is 0 Å². The summed E-state index contributed by atoms with van der Waals surface area (Å²) in [5, 5.41) is 8.67. The second kappa shape index (κ2) is 13.1. The van der Waals surface area contributed by atoms with Crippen LogP contribution in [0.1, 0.15) is 57.8 Å². The minimum atomic E-state index is -2.33. The van der Waals surface area contributed by atoms with Gasteiger partial charge in [-0.15, -0.1) is 0 Å². The summed E-state index contributed by atoms with van der Waals surface area (Å²) in [6.45, 7) is 0.337. The molecule has 0 aromatic rings. The van der Waals surface area contributed by atoms with E-state index in [9.17, 15) is 0 Å². The molecule has 0 bridgehead atoms. The molecule has 0 aliphatic heterocycles. The SMILES string of the molecule is CO[Si](CCCCCCCCCCCO)(OC)OC. The highest BCUT2D eigenvalue weighted by molar-refractivity contribution is 6.60. The second-order valence-electron chi connectivity index (χ2n) is 4.95. The van der Waals surface area contributed by atoms with Crippen molar-refractivity contribution < 1.29 is 18.4 Å². The molecule has 0 aromatic heterocycles. The Morgan fingerprint density at radius 1 is 0.632 bits per heavy atom. The van der Waals surface area contributed by atoms with Crippen LogP contribution in [0.5, 0.6) is 0 Å². The van der Waals surface area contributed by atoms with Crippen molar-refractivity contribution in [2.45, 2.75) is 63.8 Å². The van der Waals surface area contributed by atoms with Gasteiger partial charge in [-0.3, -0.25) is 0 Å². The van der Waals surface area contributed by atoms with Gasteiger partial charge in [-0.05, 0) is 12.8 Å². The van der Waals surface area contributed by atoms with E-state index in [0.717, 1.165) is 18.9 Å². The Morgan fingerprint density at radius 3 is 1.37 bits per heavy atom. The van der Waals surface area contributed by atoms with Crippen LogP contribution >= 0.6 is 0 Å². The molecule has 0 aromatic carbocycles. The molecule has 0 aliphatic carbocycles. The van der Waals surface area contributed by atoms with E-state index in [1.165, 1.54) is 44.9 Å². The highest BCUT2D eigenvalue weighted by atomic mass is 28.4. The number of unbranched alkanes of at least 4 members (excludes halogenated alkanes) is 8. The average molecular weight is 292 g/mol. The molecule has 0 radical (unpaired) electrons. The van der Waals surface area contributed by atoms with Crippen LogP contribution in [0.25, 0.3) is 0 Å². The molecular weight excluding hydrogens is 260 g/mol. The summed E-state index contributed by atoms with van der Waals surface area (Å²) < 4.78 is 16.2. The fourth-order valence-electron chi connectivity index (χ4n) is 2.25. The molecule has 0 saturated heterocycles. The van der Waals surface area contributed by atoms with Crippen molar-refractivity contribution >= 4 is 8.80 Å². The fraction of sp³-hybridized carbons (Fsp3) is 1.00. The standard InChI is InChI=1S/C14H32O4Si/c1-16-19(17-2,18-3)14-12-10-8-6-4-5-7-9-11-13-15/h15H,4-14H2,1-3H3. The first-order chi connectivity index (χ1) is 9.24. The van der Waals surface area contributed by atoms with Crippen LogP contribution in [0.2, 0.25) is 6.04 Å². The first-order valence-corrected chi connectivity index (χ1v) is 9.44. The molecule has 0 spiro atoms. The topological polar surface area (TPSA) is 47.9 Å². The predicted molar refractivity (Wildman–Crippen MR) is 80.2 cm³/mol. The summed E-state index contributed by atoms with van der Waals surface area (Å²) in [4.78, 5) is 0. The predicted octanol–water partition coefficient (Wildman–Crippen LogP) is 3.37. The van der Waals surface area contributed by atoms with Gasteiger partial charge in [0.05, 0.1) is 0 Å². The van der Waals surface area contributed by atoms with Crippen molar-refractivity contribution in [1.29, 1.82) is 0 Å². The largest absolute Gasteiger partial charge is 0.500 e. The van der Waals surface area contributed by atoms with E-state index in [1.807, 2.05) is 0 Å². The summed E-state index contributed by atoms with van der Waals surface area (Å²) in [5.41, 5.74) is 0. The lowest BCUT2D eigenvalue weighted by atomic mass is 10.1. The molecule has 0 atom stereocenters. The molecule has 0 fully saturated rings. The van der Waals surface area contributed by atoms with Gasteiger partial charge < -0.3 is 18.4 Å². The van der Waals surface area contributed by atoms with E-state index in [2.05, 4.69) is 0 Å². The Kier molecular flexibility index (Phi) is 13.1. The molecule has 1 N–H and O–H groups in total. The van der Waals surface area contributed by atoms with Gasteiger partial charge in [0.15, 0.2) is 0 Å². The number of hydrogen-bond donors (Lipinski definition) is 1. The van der Waals surface area contributed by atoms with E-state index in [0.29, 0.717) is 6.61 Å². The zero-order valence-corrected chi connectivity index (χ0v) is 14.0. The summed E-state index contributed by atoms with van der Waals surface area (Å²) in [6, 6.07) is 0.910. The third kappa shape index (κ3) is 9.57. The number of rotatable bonds is 14. The van der Waals surface area contributed by atoms with Gasteiger partial charge in [0.2, 0.25) is 0 Å². The van der Waals surface area contributed by atoms with Crippen LogP contribution < -0.4 is 0 Å². The van der Waals surface area contributed by atoms with Crippen molar-refractivity contribution in [3.05, 3.63) is 0 Å². The fourth-order valence-corrected chi connectivity index (χ4v) is 4.04. The van der Waals surface area contributed by atoms with Gasteiger partial charge >= 0.3 is 8.80 Å². The Bertz CT molecular complexity index is 178. The zero-order valence-electron chi connectivity index (χ0n) is 13.0. The normalized spacial score (nSPS) is 12.0. The Labute approximate surface area is 119 Å². The van der Waals surface area contributed by atoms with Crippen LogP contribution in [-0.2, 0) is 13.3 Å². The van der Waals surface area contributed by atoms with E-state index in [4.69, 9.17) is 18.4 Å². The first kappa shape index (κ1) is 19.1. The number of aliphatic hydroxyl groups is 1. The van der Waals surface area contributed by atoms with Crippen LogP contribution in [0.3, 0.4) is 0 Å². The van der Waals surface area contributed by atoms with E-state index < -0.39 is 8.80 Å². The molecule has 0 rings (SSSR count). The molecular formula is C14H32O4Si. The first-order valence-electron chi connectivity index (χ1n) is 7.51. The summed E-state index contributed by atoms with van der Waals surface area (Å²) in [5.74, 6) is 0. The number of aliphatic hydroxyl groups excluding tert-OH is 1. The monoisotopic (exact) mass is 292 g/mol. The maximum absolute atomic E-state index is 8.67. The summed E-state index contributed by atoms with van der Waals surface area (Å²) in [7, 11) is 2.69. The highest BCUT2D eigenvalue weighted by Crippen LogP contribution is 2.18. The maximum atomic E-state index is 8.67. The molecule has 0 aliphatic rings. The van der Waals surface area contributed by atoms with Gasteiger partial charge in [0.1, 0.15) is 0 Å². The molecule has 0 heterocycles. The van der Waals surface area contributed by atoms with Gasteiger partial charge in [0.25, 0.3) is 0 Å². The zero-order chi connectivity index (χ0) is 14.4. The van der Waals surface area contributed by atoms with Crippen molar-refractivity contribution in [2.24, 2.45) is 0 Å². The second-order valence-corrected chi connectivity index (χ2v) is 8.04. The molecule has 19 heavy (non-hydrogen) atoms. The minimum absolute atomic E-state index is 0.337. The van der Waals surface area contributed by atoms with Crippen LogP contribution in [0.15, 0.2) is 0 Å². The molecule has 0 amide bonds. The van der Waals surface area contributed by atoms with Crippen molar-refractivity contribution in [3.63, 3.8) is 0 Å². The number of hydrogen-bond acceptors (Lipinski definition) is 4. The van der Waals surface area contributed by atoms with Crippen LogP contribution in [0.4, 0.5) is 0 Å². The van der Waals surface area contributed by atoms with Gasteiger partial charge in [-0.2, -0.15) is 0 Å². The van der Waals surface area contributed by atoms with Gasteiger partial charge in [-0.1, -0.05) is 44.9 Å². The lowest BCUT2D eigenvalue weighted by molar-refractivity contribution is 0.122. The molecule has 5 heteroatoms. The molecule has 116 valence electrons. The van der Waals surface area contributed by atoms with Gasteiger partial charge in [0, 0.05) is 34.0 Å². The maximum Gasteiger partial charge on any atom is 0.500 e. The Morgan fingerprint density at radius 2 is 1.00 bits per heavy atom. The Hall–Kier alpha value is 0.0569. The van der Waals surface area contributed by atoms with Crippen molar-refractivity contribution in [1.82, 2.24) is 0 Å². The summed E-state index contributed by atoms with van der Waals surface area (Å²) >= 11 is 0. The smallest absolute Gasteiger partial charge is 0.396 e. The van der Waals surface area contributed by atoms with Crippen LogP contribution in [0, 0.1) is 0 Å². The third-order valence-corrected chi connectivity index (χ3v) is 6.41. The third-order valence-electron chi connectivity index (χ3n) is 3.57. The van der Waals surface area contributed by atoms with Crippen molar-refractivity contribution in [3.8, 4) is 0 Å². The molecule has 4 nitrogen and oxygen atoms in total. The Balaban J connectivity index is 3.35. The quantitative estimate of drug-likeness (QED) is 0.394. The molecule has 0 saturated carbocycles. The van der Waals surface area contributed by atoms with Crippen LogP contribution in [-0.4, -0.2) is 41.8 Å². The highest BCUT2D eigenvalue weighted by Gasteiger charge is 2.36. The average Bonchev–Trinajstić information content (AvgIpc) is 2.46. The minimum Gasteiger partial charge on any atom is -0.396 e. The lowest BCUT2D eigenvalue weighted by Crippen LogP contribution is -2.42. The molecule has 0 unspecified atom stereocenters. The van der Waals surface area contributed by atoms with E-state index in [-0.39, 0.29) is 0 Å². The van der Waals surface area contributed by atoms with E-state index in [1.54, 1.807) is 21.3 Å². The lowest BCUT2D eigenvalue weighted by Gasteiger charge is -2.24. The summed E-state index contributed by atoms with van der Waals surface area (Å²) in [6.07, 6.45) is 10.9. The van der Waals surface area contributed by atoms with Crippen molar-refractivity contribution in [2.75, 3.05) is 27.9 Å². The van der Waals surface area contributed by atoms with E-state index >= 15 is 0 Å².